The van der Waals surface area contributed by atoms with Gasteiger partial charge >= 0.3 is 0 Å². The van der Waals surface area contributed by atoms with Crippen LogP contribution in [0.2, 0.25) is 0 Å². The molecule has 122 valence electrons. The van der Waals surface area contributed by atoms with E-state index in [1.165, 1.54) is 43.0 Å². The molecule has 23 heavy (non-hydrogen) atoms. The van der Waals surface area contributed by atoms with Crippen molar-refractivity contribution >= 4 is 10.9 Å². The predicted molar refractivity (Wildman–Crippen MR) is 91.3 cm³/mol. The summed E-state index contributed by atoms with van der Waals surface area (Å²) in [5.41, 5.74) is 4.52. The summed E-state index contributed by atoms with van der Waals surface area (Å²) in [5, 5.41) is 19.4. The minimum absolute atomic E-state index is 0.0591. The van der Waals surface area contributed by atoms with Crippen molar-refractivity contribution in [3.63, 3.8) is 0 Å². The molecule has 0 saturated heterocycles. The van der Waals surface area contributed by atoms with Crippen molar-refractivity contribution in [2.24, 2.45) is 17.3 Å². The summed E-state index contributed by atoms with van der Waals surface area (Å²) >= 11 is 0. The Morgan fingerprint density at radius 3 is 3.04 bits per heavy atom. The van der Waals surface area contributed by atoms with Gasteiger partial charge in [0.05, 0.1) is 17.8 Å². The van der Waals surface area contributed by atoms with Gasteiger partial charge in [0.2, 0.25) is 0 Å². The molecule has 3 aliphatic carbocycles. The molecule has 0 aliphatic heterocycles. The fraction of sp³-hybridized carbons (Fsp3) is 0.650. The fourth-order valence-corrected chi connectivity index (χ4v) is 6.56. The van der Waals surface area contributed by atoms with Crippen molar-refractivity contribution in [1.82, 2.24) is 10.2 Å². The van der Waals surface area contributed by atoms with Crippen molar-refractivity contribution in [2.75, 3.05) is 0 Å². The summed E-state index contributed by atoms with van der Waals surface area (Å²) in [5.74, 6) is 2.21. The van der Waals surface area contributed by atoms with Crippen LogP contribution in [-0.2, 0) is 6.42 Å². The molecule has 2 saturated carbocycles. The lowest BCUT2D eigenvalue weighted by Crippen LogP contribution is -2.45. The van der Waals surface area contributed by atoms with E-state index < -0.39 is 0 Å². The lowest BCUT2D eigenvalue weighted by Gasteiger charge is -2.51. The molecule has 0 radical (unpaired) electrons. The second kappa shape index (κ2) is 4.83. The smallest absolute Gasteiger partial charge is 0.0653 e. The third-order valence-electron chi connectivity index (χ3n) is 7.66. The molecule has 2 aromatic rings. The lowest BCUT2D eigenvalue weighted by atomic mass is 9.54. The molecule has 3 heteroatoms. The monoisotopic (exact) mass is 310 g/mol. The second-order valence-electron chi connectivity index (χ2n) is 8.10. The highest BCUT2D eigenvalue weighted by atomic mass is 16.3. The molecule has 0 spiro atoms. The summed E-state index contributed by atoms with van der Waals surface area (Å²) in [6.07, 6.45) is 10.3. The van der Waals surface area contributed by atoms with Gasteiger partial charge in [-0.25, -0.2) is 0 Å². The fourth-order valence-electron chi connectivity index (χ4n) is 6.56. The zero-order chi connectivity index (χ0) is 15.6. The van der Waals surface area contributed by atoms with Gasteiger partial charge in [-0.15, -0.1) is 0 Å². The van der Waals surface area contributed by atoms with Gasteiger partial charge in [-0.05, 0) is 85.3 Å². The summed E-state index contributed by atoms with van der Waals surface area (Å²) in [7, 11) is 0. The molecular weight excluding hydrogens is 284 g/mol. The number of aliphatic hydroxyl groups is 1. The van der Waals surface area contributed by atoms with Crippen molar-refractivity contribution in [3.8, 4) is 0 Å². The van der Waals surface area contributed by atoms with Crippen molar-refractivity contribution in [3.05, 3.63) is 29.5 Å². The van der Waals surface area contributed by atoms with E-state index in [2.05, 4.69) is 29.3 Å². The first-order chi connectivity index (χ1) is 11.2. The maximum Gasteiger partial charge on any atom is 0.0653 e. The maximum atomic E-state index is 10.7. The number of hydrogen-bond acceptors (Lipinski definition) is 2. The molecule has 2 N–H and O–H groups in total. The maximum absolute atomic E-state index is 10.7. The van der Waals surface area contributed by atoms with E-state index in [1.54, 1.807) is 11.1 Å². The third-order valence-corrected chi connectivity index (χ3v) is 7.66. The highest BCUT2D eigenvalue weighted by molar-refractivity contribution is 5.83. The average molecular weight is 310 g/mol. The van der Waals surface area contributed by atoms with Gasteiger partial charge in [0, 0.05) is 5.39 Å². The Labute approximate surface area is 137 Å². The molecule has 5 rings (SSSR count). The molecule has 0 amide bonds. The van der Waals surface area contributed by atoms with Crippen molar-refractivity contribution in [2.45, 2.75) is 63.9 Å². The molecule has 1 aromatic heterocycles. The van der Waals surface area contributed by atoms with Gasteiger partial charge in [-0.1, -0.05) is 13.0 Å². The number of nitrogens with one attached hydrogen (secondary N) is 1. The molecule has 1 heterocycles. The number of aliphatic hydroxyl groups excluding tert-OH is 1. The SMILES string of the molecule is CCC12CCC3c4ccc5[nH]ncc5c4CCC3C1CCC2O. The Morgan fingerprint density at radius 1 is 1.26 bits per heavy atom. The topological polar surface area (TPSA) is 48.9 Å². The number of hydrogen-bond donors (Lipinski definition) is 2. The Morgan fingerprint density at radius 2 is 2.17 bits per heavy atom. The summed E-state index contributed by atoms with van der Waals surface area (Å²) in [6.45, 7) is 2.30. The molecule has 1 aromatic carbocycles. The molecule has 2 fully saturated rings. The Bertz CT molecular complexity index is 751. The number of benzene rings is 1. The lowest BCUT2D eigenvalue weighted by molar-refractivity contribution is -0.0393. The Hall–Kier alpha value is -1.35. The predicted octanol–water partition coefficient (Wildman–Crippen LogP) is 4.17. The number of aromatic amines is 1. The van der Waals surface area contributed by atoms with Crippen LogP contribution < -0.4 is 0 Å². The van der Waals surface area contributed by atoms with Crippen LogP contribution in [0.25, 0.3) is 10.9 Å². The van der Waals surface area contributed by atoms with Crippen molar-refractivity contribution < 1.29 is 5.11 Å². The van der Waals surface area contributed by atoms with E-state index in [1.807, 2.05) is 6.20 Å². The van der Waals surface area contributed by atoms with E-state index in [-0.39, 0.29) is 11.5 Å². The minimum Gasteiger partial charge on any atom is -0.393 e. The highest BCUT2D eigenvalue weighted by Crippen LogP contribution is 2.62. The van der Waals surface area contributed by atoms with Crippen LogP contribution in [0.1, 0.15) is 62.5 Å². The van der Waals surface area contributed by atoms with E-state index in [0.717, 1.165) is 24.7 Å². The van der Waals surface area contributed by atoms with Gasteiger partial charge < -0.3 is 5.11 Å². The molecule has 3 aliphatic rings. The van der Waals surface area contributed by atoms with Gasteiger partial charge in [0.25, 0.3) is 0 Å². The van der Waals surface area contributed by atoms with Crippen LogP contribution >= 0.6 is 0 Å². The number of aromatic nitrogens is 2. The standard InChI is InChI=1S/C20H26N2O/c1-2-20-10-9-14-12-5-7-18-16(11-21-22-18)13(12)3-4-15(14)17(20)6-8-19(20)23/h5,7,11,14-15,17,19,23H,2-4,6,8-10H2,1H3,(H,21,22). The number of fused-ring (bicyclic) bond motifs is 7. The first kappa shape index (κ1) is 14.0. The first-order valence-corrected chi connectivity index (χ1v) is 9.37. The largest absolute Gasteiger partial charge is 0.393 e. The zero-order valence-electron chi connectivity index (χ0n) is 13.9. The zero-order valence-corrected chi connectivity index (χ0v) is 13.9. The average Bonchev–Trinajstić information content (AvgIpc) is 3.19. The van der Waals surface area contributed by atoms with Gasteiger partial charge in [0.1, 0.15) is 0 Å². The van der Waals surface area contributed by atoms with Crippen LogP contribution in [0.15, 0.2) is 18.3 Å². The van der Waals surface area contributed by atoms with Crippen LogP contribution in [-0.4, -0.2) is 21.4 Å². The number of nitrogens with zero attached hydrogens (tertiary/aromatic N) is 1. The Balaban J connectivity index is 1.58. The van der Waals surface area contributed by atoms with Gasteiger partial charge in [-0.2, -0.15) is 5.10 Å². The Kier molecular flexibility index (Phi) is 2.94. The second-order valence-corrected chi connectivity index (χ2v) is 8.10. The molecule has 5 unspecified atom stereocenters. The molecular formula is C20H26N2O. The normalized spacial score (nSPS) is 39.0. The highest BCUT2D eigenvalue weighted by Gasteiger charge is 2.55. The van der Waals surface area contributed by atoms with E-state index in [0.29, 0.717) is 5.92 Å². The number of H-pyrrole nitrogens is 1. The number of aryl methyl sites for hydroxylation is 1. The molecule has 3 nitrogen and oxygen atoms in total. The third kappa shape index (κ3) is 1.72. The summed E-state index contributed by atoms with van der Waals surface area (Å²) < 4.78 is 0. The number of rotatable bonds is 1. The summed E-state index contributed by atoms with van der Waals surface area (Å²) in [4.78, 5) is 0. The van der Waals surface area contributed by atoms with Gasteiger partial charge in [0.15, 0.2) is 0 Å². The van der Waals surface area contributed by atoms with Crippen LogP contribution in [0.3, 0.4) is 0 Å². The summed E-state index contributed by atoms with van der Waals surface area (Å²) in [6, 6.07) is 4.58. The van der Waals surface area contributed by atoms with Gasteiger partial charge in [-0.3, -0.25) is 5.10 Å². The minimum atomic E-state index is -0.0591. The molecule has 0 bridgehead atoms. The van der Waals surface area contributed by atoms with Crippen LogP contribution in [0, 0.1) is 17.3 Å². The first-order valence-electron chi connectivity index (χ1n) is 9.37. The van der Waals surface area contributed by atoms with E-state index in [4.69, 9.17) is 0 Å². The van der Waals surface area contributed by atoms with Crippen LogP contribution in [0.4, 0.5) is 0 Å². The van der Waals surface area contributed by atoms with E-state index in [9.17, 15) is 5.11 Å². The quantitative estimate of drug-likeness (QED) is 0.830. The van der Waals surface area contributed by atoms with Crippen molar-refractivity contribution in [1.29, 1.82) is 0 Å². The van der Waals surface area contributed by atoms with Crippen LogP contribution in [0.5, 0.6) is 0 Å². The van der Waals surface area contributed by atoms with E-state index >= 15 is 0 Å². The molecule has 5 atom stereocenters.